The van der Waals surface area contributed by atoms with Crippen LogP contribution < -0.4 is 0 Å². The number of halogens is 3. The predicted molar refractivity (Wildman–Crippen MR) is 69.8 cm³/mol. The van der Waals surface area contributed by atoms with Crippen molar-refractivity contribution in [2.75, 3.05) is 0 Å². The molecule has 0 aliphatic rings. The van der Waals surface area contributed by atoms with Gasteiger partial charge < -0.3 is 10.1 Å². The lowest BCUT2D eigenvalue weighted by molar-refractivity contribution is -0.390. The molecular formula is C10H6Br2FN3O2. The molecule has 0 unspecified atom stereocenters. The van der Waals surface area contributed by atoms with E-state index in [1.54, 1.807) is 12.1 Å². The second kappa shape index (κ2) is 5.15. The minimum absolute atomic E-state index is 0.123. The third-order valence-electron chi connectivity index (χ3n) is 2.21. The number of hydrogen-bond acceptors (Lipinski definition) is 3. The van der Waals surface area contributed by atoms with Crippen molar-refractivity contribution in [3.05, 3.63) is 54.8 Å². The van der Waals surface area contributed by atoms with E-state index in [-0.39, 0.29) is 22.7 Å². The van der Waals surface area contributed by atoms with Crippen molar-refractivity contribution >= 4 is 37.7 Å². The van der Waals surface area contributed by atoms with Crippen LogP contribution in [0.1, 0.15) is 5.56 Å². The molecule has 2 aromatic rings. The fourth-order valence-electron chi connectivity index (χ4n) is 1.43. The molecule has 0 spiro atoms. The Balaban J connectivity index is 2.31. The fourth-order valence-corrected chi connectivity index (χ4v) is 2.30. The molecule has 1 heterocycles. The van der Waals surface area contributed by atoms with Gasteiger partial charge in [-0.1, -0.05) is 15.9 Å². The van der Waals surface area contributed by atoms with Gasteiger partial charge >= 0.3 is 5.82 Å². The fraction of sp³-hybridized carbons (Fsp3) is 0.100. The summed E-state index contributed by atoms with van der Waals surface area (Å²) in [5, 5.41) is 14.4. The molecule has 0 aliphatic carbocycles. The number of benzene rings is 1. The number of nitrogens with zero attached hydrogens (tertiary/aromatic N) is 3. The van der Waals surface area contributed by atoms with Gasteiger partial charge in [-0.3, -0.25) is 0 Å². The summed E-state index contributed by atoms with van der Waals surface area (Å²) < 4.78 is 15.8. The minimum atomic E-state index is -0.599. The Morgan fingerprint density at radius 2 is 2.17 bits per heavy atom. The zero-order valence-corrected chi connectivity index (χ0v) is 12.0. The summed E-state index contributed by atoms with van der Waals surface area (Å²) in [6, 6.07) is 4.52. The molecule has 0 radical (unpaired) electrons. The molecule has 1 aromatic heterocycles. The van der Waals surface area contributed by atoms with Crippen molar-refractivity contribution in [1.82, 2.24) is 9.78 Å². The first kappa shape index (κ1) is 13.2. The van der Waals surface area contributed by atoms with Gasteiger partial charge in [-0.2, -0.15) is 4.68 Å². The Hall–Kier alpha value is -1.28. The monoisotopic (exact) mass is 377 g/mol. The van der Waals surface area contributed by atoms with Gasteiger partial charge in [0.25, 0.3) is 0 Å². The van der Waals surface area contributed by atoms with Crippen LogP contribution in [0.4, 0.5) is 10.2 Å². The molecule has 0 fully saturated rings. The zero-order valence-electron chi connectivity index (χ0n) is 8.81. The summed E-state index contributed by atoms with van der Waals surface area (Å²) >= 11 is 6.27. The Labute approximate surface area is 118 Å². The average molecular weight is 379 g/mol. The lowest BCUT2D eigenvalue weighted by Crippen LogP contribution is -2.03. The highest BCUT2D eigenvalue weighted by atomic mass is 79.9. The van der Waals surface area contributed by atoms with E-state index in [2.05, 4.69) is 37.0 Å². The van der Waals surface area contributed by atoms with Crippen molar-refractivity contribution in [2.45, 2.75) is 6.54 Å². The van der Waals surface area contributed by atoms with Crippen LogP contribution in [0.15, 0.2) is 33.3 Å². The van der Waals surface area contributed by atoms with E-state index in [0.29, 0.717) is 5.56 Å². The van der Waals surface area contributed by atoms with Crippen LogP contribution in [0.5, 0.6) is 0 Å². The summed E-state index contributed by atoms with van der Waals surface area (Å²) in [7, 11) is 0. The molecule has 94 valence electrons. The van der Waals surface area contributed by atoms with Gasteiger partial charge in [0.2, 0.25) is 0 Å². The van der Waals surface area contributed by atoms with E-state index in [1.807, 2.05) is 0 Å². The van der Waals surface area contributed by atoms with Gasteiger partial charge in [-0.15, -0.1) is 0 Å². The highest BCUT2D eigenvalue weighted by Gasteiger charge is 2.19. The maximum atomic E-state index is 13.5. The largest absolute Gasteiger partial charge is 0.404 e. The number of rotatable bonds is 3. The van der Waals surface area contributed by atoms with Gasteiger partial charge in [0.1, 0.15) is 10.3 Å². The molecule has 2 rings (SSSR count). The van der Waals surface area contributed by atoms with Crippen LogP contribution in [0, 0.1) is 15.9 Å². The average Bonchev–Trinajstić information content (AvgIpc) is 2.65. The van der Waals surface area contributed by atoms with Crippen LogP contribution >= 0.6 is 31.9 Å². The lowest BCUT2D eigenvalue weighted by atomic mass is 10.2. The maximum Gasteiger partial charge on any atom is 0.404 e. The smallest absolute Gasteiger partial charge is 0.358 e. The normalized spacial score (nSPS) is 10.6. The van der Waals surface area contributed by atoms with Crippen LogP contribution in [-0.4, -0.2) is 14.7 Å². The van der Waals surface area contributed by atoms with E-state index >= 15 is 0 Å². The van der Waals surface area contributed by atoms with E-state index < -0.39 is 4.92 Å². The molecule has 18 heavy (non-hydrogen) atoms. The molecular weight excluding hydrogens is 373 g/mol. The van der Waals surface area contributed by atoms with Crippen LogP contribution in [0.2, 0.25) is 0 Å². The first-order valence-electron chi connectivity index (χ1n) is 4.78. The van der Waals surface area contributed by atoms with E-state index in [9.17, 15) is 14.5 Å². The van der Waals surface area contributed by atoms with Crippen LogP contribution in [-0.2, 0) is 6.54 Å². The molecule has 0 N–H and O–H groups in total. The molecule has 0 saturated heterocycles. The van der Waals surface area contributed by atoms with E-state index in [0.717, 1.165) is 4.47 Å². The van der Waals surface area contributed by atoms with Crippen molar-refractivity contribution in [1.29, 1.82) is 0 Å². The topological polar surface area (TPSA) is 61.0 Å². The van der Waals surface area contributed by atoms with Gasteiger partial charge in [0.15, 0.2) is 0 Å². The molecule has 0 bridgehead atoms. The molecule has 5 nitrogen and oxygen atoms in total. The molecule has 0 amide bonds. The first-order chi connectivity index (χ1) is 8.47. The second-order valence-electron chi connectivity index (χ2n) is 3.49. The van der Waals surface area contributed by atoms with E-state index in [1.165, 1.54) is 16.9 Å². The molecule has 8 heteroatoms. The van der Waals surface area contributed by atoms with Crippen molar-refractivity contribution < 1.29 is 9.31 Å². The molecule has 0 aliphatic heterocycles. The molecule has 0 atom stereocenters. The summed E-state index contributed by atoms with van der Waals surface area (Å²) in [5.41, 5.74) is 0.397. The second-order valence-corrected chi connectivity index (χ2v) is 5.26. The van der Waals surface area contributed by atoms with Gasteiger partial charge in [-0.25, -0.2) is 4.39 Å². The van der Waals surface area contributed by atoms with Gasteiger partial charge in [-0.05, 0) is 39.1 Å². The summed E-state index contributed by atoms with van der Waals surface area (Å²) in [4.78, 5) is 10.0. The summed E-state index contributed by atoms with van der Waals surface area (Å²) in [6.07, 6.45) is 1.44. The molecule has 1 aromatic carbocycles. The van der Waals surface area contributed by atoms with Gasteiger partial charge in [0.05, 0.1) is 17.8 Å². The Bertz CT molecular complexity index is 615. The third kappa shape index (κ3) is 2.75. The SMILES string of the molecule is O=[N+]([O-])c1nn(Cc2cc(Br)ccc2F)cc1Br. The highest BCUT2D eigenvalue weighted by molar-refractivity contribution is 9.10. The van der Waals surface area contributed by atoms with E-state index in [4.69, 9.17) is 0 Å². The van der Waals surface area contributed by atoms with Crippen molar-refractivity contribution in [3.8, 4) is 0 Å². The number of nitro groups is 1. The van der Waals surface area contributed by atoms with Gasteiger partial charge in [0, 0.05) is 10.0 Å². The standard InChI is InChI=1S/C10H6Br2FN3O2/c11-7-1-2-9(13)6(3-7)4-15-5-8(12)10(14-15)16(17)18/h1-3,5H,4H2. The zero-order chi connectivity index (χ0) is 13.3. The van der Waals surface area contributed by atoms with Crippen molar-refractivity contribution in [3.63, 3.8) is 0 Å². The van der Waals surface area contributed by atoms with Crippen LogP contribution in [0.25, 0.3) is 0 Å². The Morgan fingerprint density at radius 1 is 1.44 bits per heavy atom. The quantitative estimate of drug-likeness (QED) is 0.606. The molecule has 0 saturated carbocycles. The van der Waals surface area contributed by atoms with Crippen molar-refractivity contribution in [2.24, 2.45) is 0 Å². The highest BCUT2D eigenvalue weighted by Crippen LogP contribution is 2.23. The van der Waals surface area contributed by atoms with Crippen LogP contribution in [0.3, 0.4) is 0 Å². The third-order valence-corrected chi connectivity index (χ3v) is 3.26. The maximum absolute atomic E-state index is 13.5. The lowest BCUT2D eigenvalue weighted by Gasteiger charge is -2.01. The number of hydrogen-bond donors (Lipinski definition) is 0. The Morgan fingerprint density at radius 3 is 2.78 bits per heavy atom. The summed E-state index contributed by atoms with van der Waals surface area (Å²) in [5.74, 6) is -0.669. The number of aromatic nitrogens is 2. The Kier molecular flexibility index (Phi) is 3.76. The predicted octanol–water partition coefficient (Wildman–Crippen LogP) is 3.50. The first-order valence-corrected chi connectivity index (χ1v) is 6.37. The minimum Gasteiger partial charge on any atom is -0.358 e. The summed E-state index contributed by atoms with van der Waals surface area (Å²) in [6.45, 7) is 0.123.